The van der Waals surface area contributed by atoms with Gasteiger partial charge in [0.25, 0.3) is 0 Å². The third-order valence-electron chi connectivity index (χ3n) is 6.81. The summed E-state index contributed by atoms with van der Waals surface area (Å²) in [6, 6.07) is 7.98. The Kier molecular flexibility index (Phi) is 11.4. The zero-order valence-electron chi connectivity index (χ0n) is 23.3. The first kappa shape index (κ1) is 29.7. The first-order chi connectivity index (χ1) is 17.5. The molecule has 6 nitrogen and oxygen atoms in total. The second-order valence-corrected chi connectivity index (χ2v) is 10.4. The molecule has 2 rings (SSSR count). The van der Waals surface area contributed by atoms with Crippen molar-refractivity contribution in [3.05, 3.63) is 84.0 Å². The maximum absolute atomic E-state index is 8.05. The van der Waals surface area contributed by atoms with Crippen molar-refractivity contribution in [1.29, 1.82) is 5.41 Å². The van der Waals surface area contributed by atoms with Crippen LogP contribution in [0.3, 0.4) is 0 Å². The SMILES string of the molecule is C=C(NC(C(=C)Nc1ccc(/C(C(C)=N)=C(\C)N)cc1)C1CCC(C)CC1)C(/C=C\N)=NCC=C(C)C. The van der Waals surface area contributed by atoms with Crippen molar-refractivity contribution in [3.63, 3.8) is 0 Å². The largest absolute Gasteiger partial charge is 0.405 e. The van der Waals surface area contributed by atoms with E-state index in [9.17, 15) is 0 Å². The maximum atomic E-state index is 8.05. The minimum Gasteiger partial charge on any atom is -0.405 e. The molecule has 1 aliphatic carbocycles. The number of nitrogens with two attached hydrogens (primary N) is 2. The molecule has 1 aliphatic rings. The number of allylic oxidation sites excluding steroid dienone is 4. The van der Waals surface area contributed by atoms with Crippen LogP contribution in [-0.2, 0) is 0 Å². The van der Waals surface area contributed by atoms with Crippen LogP contribution < -0.4 is 22.1 Å². The highest BCUT2D eigenvalue weighted by Gasteiger charge is 2.29. The third-order valence-corrected chi connectivity index (χ3v) is 6.81. The van der Waals surface area contributed by atoms with Gasteiger partial charge in [0.1, 0.15) is 0 Å². The number of rotatable bonds is 12. The summed E-state index contributed by atoms with van der Waals surface area (Å²) in [6.45, 7) is 19.3. The van der Waals surface area contributed by atoms with E-state index in [2.05, 4.69) is 50.6 Å². The normalized spacial score (nSPS) is 19.5. The Balaban J connectivity index is 2.26. The average molecular weight is 503 g/mol. The molecule has 1 aromatic rings. The highest BCUT2D eigenvalue weighted by Crippen LogP contribution is 2.33. The molecular formula is C31H46N6. The topological polar surface area (TPSA) is 112 Å². The number of hydrogen-bond acceptors (Lipinski definition) is 6. The van der Waals surface area contributed by atoms with Crippen LogP contribution in [0, 0.1) is 17.2 Å². The molecule has 6 heteroatoms. The fourth-order valence-electron chi connectivity index (χ4n) is 4.76. The van der Waals surface area contributed by atoms with Crippen LogP contribution in [0.1, 0.15) is 65.9 Å². The smallest absolute Gasteiger partial charge is 0.0817 e. The Bertz CT molecular complexity index is 1070. The Labute approximate surface area is 223 Å². The van der Waals surface area contributed by atoms with Gasteiger partial charge in [-0.05, 0) is 82.3 Å². The van der Waals surface area contributed by atoms with Crippen LogP contribution in [0.25, 0.3) is 5.57 Å². The van der Waals surface area contributed by atoms with Crippen LogP contribution in [0.4, 0.5) is 5.69 Å². The molecule has 1 aromatic carbocycles. The zero-order chi connectivity index (χ0) is 27.5. The minimum atomic E-state index is -0.00920. The highest BCUT2D eigenvalue weighted by molar-refractivity contribution is 6.21. The molecule has 1 unspecified atom stereocenters. The molecule has 0 saturated heterocycles. The van der Waals surface area contributed by atoms with Crippen LogP contribution in [-0.4, -0.2) is 24.0 Å². The van der Waals surface area contributed by atoms with E-state index < -0.39 is 0 Å². The van der Waals surface area contributed by atoms with Gasteiger partial charge in [-0.3, -0.25) is 4.99 Å². The summed E-state index contributed by atoms with van der Waals surface area (Å²) in [5, 5.41) is 15.2. The lowest BCUT2D eigenvalue weighted by Gasteiger charge is -2.35. The number of aliphatic imine (C=N–C) groups is 1. The van der Waals surface area contributed by atoms with Gasteiger partial charge in [-0.25, -0.2) is 0 Å². The number of anilines is 1. The zero-order valence-corrected chi connectivity index (χ0v) is 23.3. The predicted molar refractivity (Wildman–Crippen MR) is 162 cm³/mol. The van der Waals surface area contributed by atoms with Gasteiger partial charge in [-0.2, -0.15) is 0 Å². The van der Waals surface area contributed by atoms with E-state index in [0.29, 0.717) is 23.9 Å². The van der Waals surface area contributed by atoms with E-state index in [-0.39, 0.29) is 6.04 Å². The van der Waals surface area contributed by atoms with E-state index in [1.165, 1.54) is 24.6 Å². The van der Waals surface area contributed by atoms with Crippen molar-refractivity contribution in [3.8, 4) is 0 Å². The van der Waals surface area contributed by atoms with Gasteiger partial charge in [0, 0.05) is 28.4 Å². The first-order valence-corrected chi connectivity index (χ1v) is 13.1. The van der Waals surface area contributed by atoms with Gasteiger partial charge in [0.2, 0.25) is 0 Å². The molecule has 7 N–H and O–H groups in total. The van der Waals surface area contributed by atoms with E-state index >= 15 is 0 Å². The summed E-state index contributed by atoms with van der Waals surface area (Å²) in [7, 11) is 0. The standard InChI is InChI=1S/C31H46N6/c1-20(2)17-19-35-29(16-18-32)24(6)37-31(27-10-8-21(3)9-11-27)25(7)36-28-14-12-26(13-15-28)30(22(4)33)23(5)34/h12-18,21,27,31,33,36-37H,6-11,19,32,34H2,1-5H3/b18-16-,30-23+,33-22?,35-29?. The summed E-state index contributed by atoms with van der Waals surface area (Å²) in [4.78, 5) is 4.69. The molecular weight excluding hydrogens is 456 g/mol. The summed E-state index contributed by atoms with van der Waals surface area (Å²) in [6.07, 6.45) is 10.0. The molecule has 0 radical (unpaired) electrons. The molecule has 1 saturated carbocycles. The summed E-state index contributed by atoms with van der Waals surface area (Å²) < 4.78 is 0. The van der Waals surface area contributed by atoms with Gasteiger partial charge >= 0.3 is 0 Å². The van der Waals surface area contributed by atoms with Crippen LogP contribution >= 0.6 is 0 Å². The molecule has 0 bridgehead atoms. The maximum Gasteiger partial charge on any atom is 0.0817 e. The molecule has 1 atom stereocenters. The van der Waals surface area contributed by atoms with Gasteiger partial charge in [-0.15, -0.1) is 0 Å². The Morgan fingerprint density at radius 3 is 2.24 bits per heavy atom. The summed E-state index contributed by atoms with van der Waals surface area (Å²) in [5.74, 6) is 1.18. The van der Waals surface area contributed by atoms with Crippen molar-refractivity contribution >= 4 is 22.7 Å². The van der Waals surface area contributed by atoms with E-state index in [1.807, 2.05) is 31.2 Å². The van der Waals surface area contributed by atoms with E-state index in [1.54, 1.807) is 13.0 Å². The van der Waals surface area contributed by atoms with Gasteiger partial charge in [0.05, 0.1) is 24.0 Å². The molecule has 200 valence electrons. The van der Waals surface area contributed by atoms with E-state index in [4.69, 9.17) is 21.9 Å². The lowest BCUT2D eigenvalue weighted by atomic mass is 9.78. The Morgan fingerprint density at radius 2 is 1.73 bits per heavy atom. The fraction of sp³-hybridized carbons (Fsp3) is 0.419. The van der Waals surface area contributed by atoms with Crippen LogP contribution in [0.15, 0.2) is 83.4 Å². The number of benzene rings is 1. The van der Waals surface area contributed by atoms with Gasteiger partial charge in [-0.1, -0.05) is 56.7 Å². The summed E-state index contributed by atoms with van der Waals surface area (Å²) >= 11 is 0. The molecule has 0 aromatic heterocycles. The third kappa shape index (κ3) is 9.12. The van der Waals surface area contributed by atoms with Crippen LogP contribution in [0.2, 0.25) is 0 Å². The quantitative estimate of drug-likeness (QED) is 0.165. The highest BCUT2D eigenvalue weighted by atomic mass is 15.0. The van der Waals surface area contributed by atoms with Crippen molar-refractivity contribution in [2.24, 2.45) is 28.3 Å². The van der Waals surface area contributed by atoms with Gasteiger partial charge in [0.15, 0.2) is 0 Å². The lowest BCUT2D eigenvalue weighted by molar-refractivity contribution is 0.256. The van der Waals surface area contributed by atoms with Crippen molar-refractivity contribution in [1.82, 2.24) is 5.32 Å². The Hall–Kier alpha value is -3.54. The number of nitrogens with one attached hydrogen (secondary N) is 3. The minimum absolute atomic E-state index is 0.00920. The van der Waals surface area contributed by atoms with Crippen LogP contribution in [0.5, 0.6) is 0 Å². The second-order valence-electron chi connectivity index (χ2n) is 10.4. The molecule has 0 spiro atoms. The van der Waals surface area contributed by atoms with Crippen molar-refractivity contribution in [2.75, 3.05) is 11.9 Å². The lowest BCUT2D eigenvalue weighted by Crippen LogP contribution is -2.42. The van der Waals surface area contributed by atoms with Crippen molar-refractivity contribution < 1.29 is 0 Å². The predicted octanol–water partition coefficient (Wildman–Crippen LogP) is 6.52. The summed E-state index contributed by atoms with van der Waals surface area (Å²) in [5.41, 5.74) is 19.1. The Morgan fingerprint density at radius 1 is 1.11 bits per heavy atom. The molecule has 0 heterocycles. The number of nitrogens with zero attached hydrogens (tertiary/aromatic N) is 1. The fourth-order valence-corrected chi connectivity index (χ4v) is 4.76. The number of hydrogen-bond donors (Lipinski definition) is 5. The molecule has 0 aliphatic heterocycles. The van der Waals surface area contributed by atoms with Gasteiger partial charge < -0.3 is 27.5 Å². The molecule has 1 fully saturated rings. The average Bonchev–Trinajstić information content (AvgIpc) is 2.83. The first-order valence-electron chi connectivity index (χ1n) is 13.1. The molecule has 37 heavy (non-hydrogen) atoms. The van der Waals surface area contributed by atoms with E-state index in [0.717, 1.165) is 52.7 Å². The molecule has 0 amide bonds. The second kappa shape index (κ2) is 14.3. The van der Waals surface area contributed by atoms with Crippen molar-refractivity contribution in [2.45, 2.75) is 66.3 Å². The monoisotopic (exact) mass is 502 g/mol.